The largest absolute Gasteiger partial charge is 0.478 e. The third-order valence-electron chi connectivity index (χ3n) is 2.54. The molecule has 0 aliphatic heterocycles. The van der Waals surface area contributed by atoms with Crippen LogP contribution in [0.3, 0.4) is 0 Å². The first-order valence-corrected chi connectivity index (χ1v) is 5.79. The SMILES string of the molecule is O=C(O)c1cc2ccc(OCC(F)(F)F)nc2nc1C(F)(F)F. The zero-order chi connectivity index (χ0) is 17.4. The van der Waals surface area contributed by atoms with Crippen LogP contribution < -0.4 is 4.74 Å². The van der Waals surface area contributed by atoms with Crippen LogP contribution in [0.15, 0.2) is 18.2 Å². The zero-order valence-corrected chi connectivity index (χ0v) is 10.9. The number of carboxylic acids is 1. The van der Waals surface area contributed by atoms with Crippen LogP contribution in [0, 0.1) is 0 Å². The normalized spacial score (nSPS) is 12.4. The van der Waals surface area contributed by atoms with Crippen molar-refractivity contribution in [2.45, 2.75) is 12.4 Å². The Morgan fingerprint density at radius 1 is 1.13 bits per heavy atom. The second-order valence-corrected chi connectivity index (χ2v) is 4.29. The number of pyridine rings is 2. The van der Waals surface area contributed by atoms with Gasteiger partial charge in [-0.2, -0.15) is 31.3 Å². The molecule has 0 aromatic carbocycles. The summed E-state index contributed by atoms with van der Waals surface area (Å²) in [6.45, 7) is -1.68. The number of hydrogen-bond acceptors (Lipinski definition) is 4. The van der Waals surface area contributed by atoms with Crippen molar-refractivity contribution in [1.29, 1.82) is 0 Å². The topological polar surface area (TPSA) is 72.3 Å². The molecule has 2 rings (SSSR count). The summed E-state index contributed by atoms with van der Waals surface area (Å²) in [5.74, 6) is -2.43. The number of nitrogens with zero attached hydrogens (tertiary/aromatic N) is 2. The van der Waals surface area contributed by atoms with Gasteiger partial charge in [-0.05, 0) is 12.1 Å². The number of halogens is 6. The second-order valence-electron chi connectivity index (χ2n) is 4.29. The Bertz CT molecular complexity index is 757. The lowest BCUT2D eigenvalue weighted by Crippen LogP contribution is -2.20. The van der Waals surface area contributed by atoms with E-state index in [0.29, 0.717) is 6.07 Å². The van der Waals surface area contributed by atoms with E-state index in [4.69, 9.17) is 5.11 Å². The van der Waals surface area contributed by atoms with Crippen LogP contribution in [-0.4, -0.2) is 33.8 Å². The molecule has 0 radical (unpaired) electrons. The minimum Gasteiger partial charge on any atom is -0.478 e. The number of aromatic nitrogens is 2. The summed E-state index contributed by atoms with van der Waals surface area (Å²) in [7, 11) is 0. The molecule has 0 bridgehead atoms. The zero-order valence-electron chi connectivity index (χ0n) is 10.9. The first kappa shape index (κ1) is 16.8. The van der Waals surface area contributed by atoms with Gasteiger partial charge in [0.1, 0.15) is 0 Å². The summed E-state index contributed by atoms with van der Waals surface area (Å²) < 4.78 is 78.8. The van der Waals surface area contributed by atoms with Crippen LogP contribution >= 0.6 is 0 Å². The van der Waals surface area contributed by atoms with Crippen molar-refractivity contribution in [3.8, 4) is 5.88 Å². The molecule has 5 nitrogen and oxygen atoms in total. The van der Waals surface area contributed by atoms with Crippen molar-refractivity contribution in [3.05, 3.63) is 29.5 Å². The highest BCUT2D eigenvalue weighted by Crippen LogP contribution is 2.32. The molecule has 0 aliphatic carbocycles. The Kier molecular flexibility index (Phi) is 4.05. The molecular formula is C12H6F6N2O3. The number of carbonyl (C=O) groups is 1. The van der Waals surface area contributed by atoms with E-state index >= 15 is 0 Å². The van der Waals surface area contributed by atoms with E-state index in [9.17, 15) is 31.1 Å². The maximum absolute atomic E-state index is 12.8. The first-order valence-electron chi connectivity index (χ1n) is 5.79. The Morgan fingerprint density at radius 3 is 2.30 bits per heavy atom. The fraction of sp³-hybridized carbons (Fsp3) is 0.250. The molecule has 0 atom stereocenters. The summed E-state index contributed by atoms with van der Waals surface area (Å²) in [5.41, 5.74) is -3.37. The first-order chi connectivity index (χ1) is 10.5. The summed E-state index contributed by atoms with van der Waals surface area (Å²) in [6, 6.07) is 2.72. The Morgan fingerprint density at radius 2 is 1.78 bits per heavy atom. The van der Waals surface area contributed by atoms with Gasteiger partial charge in [0.15, 0.2) is 17.9 Å². The average molecular weight is 340 g/mol. The van der Waals surface area contributed by atoms with Gasteiger partial charge in [-0.15, -0.1) is 0 Å². The minimum absolute atomic E-state index is 0.0882. The summed E-state index contributed by atoms with van der Waals surface area (Å²) >= 11 is 0. The highest BCUT2D eigenvalue weighted by atomic mass is 19.4. The van der Waals surface area contributed by atoms with Gasteiger partial charge in [0.2, 0.25) is 5.88 Å². The van der Waals surface area contributed by atoms with E-state index in [0.717, 1.165) is 12.1 Å². The van der Waals surface area contributed by atoms with Crippen LogP contribution in [-0.2, 0) is 6.18 Å². The fourth-order valence-corrected chi connectivity index (χ4v) is 1.65. The van der Waals surface area contributed by atoms with E-state index in [1.165, 1.54) is 0 Å². The lowest BCUT2D eigenvalue weighted by atomic mass is 10.1. The number of fused-ring (bicyclic) bond motifs is 1. The van der Waals surface area contributed by atoms with Gasteiger partial charge in [-0.25, -0.2) is 9.78 Å². The monoisotopic (exact) mass is 340 g/mol. The van der Waals surface area contributed by atoms with Crippen molar-refractivity contribution in [3.63, 3.8) is 0 Å². The molecule has 23 heavy (non-hydrogen) atoms. The average Bonchev–Trinajstić information content (AvgIpc) is 2.41. The molecule has 124 valence electrons. The smallest absolute Gasteiger partial charge is 0.434 e. The van der Waals surface area contributed by atoms with Gasteiger partial charge < -0.3 is 9.84 Å². The summed E-state index contributed by atoms with van der Waals surface area (Å²) in [5, 5.41) is 8.72. The van der Waals surface area contributed by atoms with Crippen molar-refractivity contribution >= 4 is 17.0 Å². The predicted octanol–water partition coefficient (Wildman–Crippen LogP) is 3.29. The molecule has 0 saturated carbocycles. The van der Waals surface area contributed by atoms with E-state index in [1.54, 1.807) is 0 Å². The molecule has 2 heterocycles. The van der Waals surface area contributed by atoms with Crippen LogP contribution in [0.1, 0.15) is 16.1 Å². The number of rotatable bonds is 3. The van der Waals surface area contributed by atoms with Crippen LogP contribution in [0.5, 0.6) is 5.88 Å². The van der Waals surface area contributed by atoms with Gasteiger partial charge in [-0.1, -0.05) is 0 Å². The third kappa shape index (κ3) is 3.99. The van der Waals surface area contributed by atoms with E-state index in [-0.39, 0.29) is 5.39 Å². The molecule has 0 amide bonds. The van der Waals surface area contributed by atoms with Crippen LogP contribution in [0.4, 0.5) is 26.3 Å². The molecule has 0 aliphatic rings. The molecule has 2 aromatic rings. The number of ether oxygens (including phenoxy) is 1. The van der Waals surface area contributed by atoms with E-state index in [2.05, 4.69) is 14.7 Å². The molecule has 11 heteroatoms. The van der Waals surface area contributed by atoms with Crippen molar-refractivity contribution in [1.82, 2.24) is 9.97 Å². The van der Waals surface area contributed by atoms with Gasteiger partial charge in [0.25, 0.3) is 0 Å². The van der Waals surface area contributed by atoms with Gasteiger partial charge in [0, 0.05) is 11.5 Å². The Hall–Kier alpha value is -2.59. The highest BCUT2D eigenvalue weighted by Gasteiger charge is 2.38. The lowest BCUT2D eigenvalue weighted by Gasteiger charge is -2.11. The molecule has 0 spiro atoms. The van der Waals surface area contributed by atoms with Crippen molar-refractivity contribution < 1.29 is 41.0 Å². The molecule has 1 N–H and O–H groups in total. The Balaban J connectivity index is 2.50. The summed E-state index contributed by atoms with van der Waals surface area (Å²) in [6.07, 6.45) is -9.71. The fourth-order valence-electron chi connectivity index (χ4n) is 1.65. The van der Waals surface area contributed by atoms with Gasteiger partial charge in [-0.3, -0.25) is 0 Å². The molecule has 2 aromatic heterocycles. The quantitative estimate of drug-likeness (QED) is 0.868. The van der Waals surface area contributed by atoms with Crippen molar-refractivity contribution in [2.75, 3.05) is 6.61 Å². The van der Waals surface area contributed by atoms with Crippen LogP contribution in [0.2, 0.25) is 0 Å². The number of alkyl halides is 6. The number of carboxylic acid groups (broad SMARTS) is 1. The Labute approximate surface area is 123 Å². The molecule has 0 fully saturated rings. The predicted molar refractivity (Wildman–Crippen MR) is 63.0 cm³/mol. The second kappa shape index (κ2) is 5.56. The maximum atomic E-state index is 12.8. The van der Waals surface area contributed by atoms with Gasteiger partial charge >= 0.3 is 18.3 Å². The van der Waals surface area contributed by atoms with E-state index in [1.807, 2.05) is 0 Å². The summed E-state index contributed by atoms with van der Waals surface area (Å²) in [4.78, 5) is 17.4. The molecule has 0 saturated heterocycles. The highest BCUT2D eigenvalue weighted by molar-refractivity contribution is 5.93. The maximum Gasteiger partial charge on any atom is 0.434 e. The lowest BCUT2D eigenvalue weighted by molar-refractivity contribution is -0.154. The number of hydrogen-bond donors (Lipinski definition) is 1. The van der Waals surface area contributed by atoms with E-state index < -0.39 is 47.7 Å². The third-order valence-corrected chi connectivity index (χ3v) is 2.54. The van der Waals surface area contributed by atoms with Crippen LogP contribution in [0.25, 0.3) is 11.0 Å². The van der Waals surface area contributed by atoms with Gasteiger partial charge in [0.05, 0.1) is 5.56 Å². The molecular weight excluding hydrogens is 334 g/mol. The number of aromatic carboxylic acids is 1. The minimum atomic E-state index is -5.06. The van der Waals surface area contributed by atoms with Crippen molar-refractivity contribution in [2.24, 2.45) is 0 Å². The molecule has 0 unspecified atom stereocenters. The standard InChI is InChI=1S/C12H6F6N2O3/c13-11(14,15)4-23-7-2-1-5-3-6(10(21)22)8(12(16,17)18)20-9(5)19-7/h1-3H,4H2,(H,21,22).